The number of aromatic nitrogens is 2. The quantitative estimate of drug-likeness (QED) is 0.779. The summed E-state index contributed by atoms with van der Waals surface area (Å²) in [5, 5.41) is 0.144. The molecule has 0 fully saturated rings. The van der Waals surface area contributed by atoms with E-state index in [0.29, 0.717) is 5.82 Å². The Morgan fingerprint density at radius 2 is 2.06 bits per heavy atom. The van der Waals surface area contributed by atoms with Gasteiger partial charge in [0.05, 0.1) is 0 Å². The Labute approximate surface area is 109 Å². The van der Waals surface area contributed by atoms with E-state index in [1.165, 1.54) is 10.6 Å². The fraction of sp³-hybridized carbons (Fsp3) is 0.273. The molecule has 3 nitrogen and oxygen atoms in total. The minimum Gasteiger partial charge on any atom is -0.268 e. The van der Waals surface area contributed by atoms with Crippen molar-refractivity contribution in [1.29, 1.82) is 0 Å². The second kappa shape index (κ2) is 7.41. The molecule has 0 aliphatic rings. The molecule has 0 unspecified atom stereocenters. The smallest absolute Gasteiger partial charge is 0.268 e. The van der Waals surface area contributed by atoms with Crippen LogP contribution in [0.2, 0.25) is 5.15 Å². The largest absolute Gasteiger partial charge is 0.273 e. The molecule has 0 saturated heterocycles. The number of nitrogens with zero attached hydrogens (tertiary/aromatic N) is 2. The van der Waals surface area contributed by atoms with Gasteiger partial charge < -0.3 is 0 Å². The highest BCUT2D eigenvalue weighted by atomic mass is 79.9. The van der Waals surface area contributed by atoms with Crippen molar-refractivity contribution >= 4 is 39.8 Å². The highest BCUT2D eigenvalue weighted by Gasteiger charge is 2.09. The van der Waals surface area contributed by atoms with Crippen LogP contribution in [-0.4, -0.2) is 9.55 Å². The Balaban J connectivity index is 0.00000106. The standard InChI is InChI=1S/C9H8BrClN2O.C2H6/c1-3-5-13-6(4-2)12-8(11)7(10)9(13)14;1-2/h3-5H,2H2,1H3;1-2H3/b5-3-;. The van der Waals surface area contributed by atoms with Gasteiger partial charge in [0.15, 0.2) is 5.15 Å². The maximum Gasteiger partial charge on any atom is 0.273 e. The minimum atomic E-state index is -0.252. The third-order valence-corrected chi connectivity index (χ3v) is 2.74. The molecule has 1 heterocycles. The Bertz CT molecular complexity index is 452. The summed E-state index contributed by atoms with van der Waals surface area (Å²) >= 11 is 8.79. The van der Waals surface area contributed by atoms with Crippen molar-refractivity contribution in [2.75, 3.05) is 0 Å². The van der Waals surface area contributed by atoms with Crippen molar-refractivity contribution in [3.63, 3.8) is 0 Å². The van der Waals surface area contributed by atoms with Gasteiger partial charge in [-0.25, -0.2) is 4.98 Å². The van der Waals surface area contributed by atoms with Gasteiger partial charge in [0.1, 0.15) is 10.3 Å². The molecule has 0 radical (unpaired) electrons. The first-order valence-electron chi connectivity index (χ1n) is 4.84. The van der Waals surface area contributed by atoms with Gasteiger partial charge in [0.2, 0.25) is 0 Å². The van der Waals surface area contributed by atoms with E-state index in [9.17, 15) is 4.79 Å². The summed E-state index contributed by atoms with van der Waals surface area (Å²) in [5.41, 5.74) is -0.252. The van der Waals surface area contributed by atoms with Crippen LogP contribution in [0.15, 0.2) is 21.9 Å². The predicted molar refractivity (Wildman–Crippen MR) is 73.7 cm³/mol. The molecule has 0 amide bonds. The van der Waals surface area contributed by atoms with E-state index < -0.39 is 0 Å². The number of hydrogen-bond acceptors (Lipinski definition) is 2. The summed E-state index contributed by atoms with van der Waals surface area (Å²) in [7, 11) is 0. The normalized spacial score (nSPS) is 9.81. The van der Waals surface area contributed by atoms with Crippen LogP contribution in [0.1, 0.15) is 26.6 Å². The lowest BCUT2D eigenvalue weighted by Gasteiger charge is -2.05. The van der Waals surface area contributed by atoms with Crippen molar-refractivity contribution in [1.82, 2.24) is 9.55 Å². The SMILES string of the molecule is C=Cc1nc(Cl)c(Br)c(=O)n1/C=C\C.CC. The molecule has 0 aliphatic carbocycles. The predicted octanol–water partition coefficient (Wildman–Crippen LogP) is 3.82. The van der Waals surface area contributed by atoms with Crippen LogP contribution in [0.25, 0.3) is 12.3 Å². The van der Waals surface area contributed by atoms with E-state index in [0.717, 1.165) is 0 Å². The molecular formula is C11H14BrClN2O. The van der Waals surface area contributed by atoms with Crippen LogP contribution in [0.5, 0.6) is 0 Å². The summed E-state index contributed by atoms with van der Waals surface area (Å²) in [6, 6.07) is 0. The molecule has 5 heteroatoms. The third-order valence-electron chi connectivity index (χ3n) is 1.53. The van der Waals surface area contributed by atoms with Crippen LogP contribution >= 0.6 is 27.5 Å². The second-order valence-electron chi connectivity index (χ2n) is 2.44. The third kappa shape index (κ3) is 3.32. The molecule has 16 heavy (non-hydrogen) atoms. The van der Waals surface area contributed by atoms with Gasteiger partial charge in [0.25, 0.3) is 5.56 Å². The van der Waals surface area contributed by atoms with Gasteiger partial charge >= 0.3 is 0 Å². The van der Waals surface area contributed by atoms with Crippen molar-refractivity contribution < 1.29 is 0 Å². The lowest BCUT2D eigenvalue weighted by molar-refractivity contribution is 0.953. The van der Waals surface area contributed by atoms with Gasteiger partial charge in [-0.2, -0.15) is 0 Å². The Kier molecular flexibility index (Phi) is 7.01. The zero-order valence-corrected chi connectivity index (χ0v) is 11.8. The van der Waals surface area contributed by atoms with Crippen LogP contribution in [0.3, 0.4) is 0 Å². The summed E-state index contributed by atoms with van der Waals surface area (Å²) < 4.78 is 1.62. The van der Waals surface area contributed by atoms with Gasteiger partial charge in [0, 0.05) is 6.20 Å². The molecule has 0 bridgehead atoms. The van der Waals surface area contributed by atoms with E-state index in [-0.39, 0.29) is 15.2 Å². The summed E-state index contributed by atoms with van der Waals surface area (Å²) in [4.78, 5) is 15.6. The van der Waals surface area contributed by atoms with E-state index in [2.05, 4.69) is 27.5 Å². The molecule has 0 N–H and O–H groups in total. The Morgan fingerprint density at radius 3 is 2.50 bits per heavy atom. The molecule has 1 aromatic heterocycles. The zero-order valence-electron chi connectivity index (χ0n) is 9.50. The highest BCUT2D eigenvalue weighted by Crippen LogP contribution is 2.16. The van der Waals surface area contributed by atoms with Crippen molar-refractivity contribution in [3.05, 3.63) is 38.5 Å². The Hall–Kier alpha value is -0.870. The molecule has 0 aromatic carbocycles. The monoisotopic (exact) mass is 304 g/mol. The Morgan fingerprint density at radius 1 is 1.50 bits per heavy atom. The number of allylic oxidation sites excluding steroid dienone is 1. The van der Waals surface area contributed by atoms with Gasteiger partial charge in [-0.15, -0.1) is 0 Å². The molecule has 1 aromatic rings. The maximum absolute atomic E-state index is 11.7. The van der Waals surface area contributed by atoms with Crippen LogP contribution in [0, 0.1) is 0 Å². The van der Waals surface area contributed by atoms with E-state index >= 15 is 0 Å². The van der Waals surface area contributed by atoms with Gasteiger partial charge in [-0.1, -0.05) is 38.1 Å². The van der Waals surface area contributed by atoms with E-state index in [1.54, 1.807) is 12.3 Å². The van der Waals surface area contributed by atoms with E-state index in [1.807, 2.05) is 20.8 Å². The average Bonchev–Trinajstić information content (AvgIpc) is 2.32. The van der Waals surface area contributed by atoms with Crippen molar-refractivity contribution in [2.24, 2.45) is 0 Å². The first-order valence-corrected chi connectivity index (χ1v) is 6.01. The fourth-order valence-electron chi connectivity index (χ4n) is 0.939. The van der Waals surface area contributed by atoms with Gasteiger partial charge in [-0.05, 0) is 28.9 Å². The number of halogens is 2. The lowest BCUT2D eigenvalue weighted by Crippen LogP contribution is -2.20. The first kappa shape index (κ1) is 15.1. The maximum atomic E-state index is 11.7. The van der Waals surface area contributed by atoms with Crippen molar-refractivity contribution in [2.45, 2.75) is 20.8 Å². The molecule has 0 atom stereocenters. The van der Waals surface area contributed by atoms with Crippen LogP contribution < -0.4 is 5.56 Å². The lowest BCUT2D eigenvalue weighted by atomic mass is 10.5. The highest BCUT2D eigenvalue weighted by molar-refractivity contribution is 9.10. The topological polar surface area (TPSA) is 34.9 Å². The zero-order chi connectivity index (χ0) is 12.7. The summed E-state index contributed by atoms with van der Waals surface area (Å²) in [5.74, 6) is 0.418. The molecular weight excluding hydrogens is 291 g/mol. The van der Waals surface area contributed by atoms with Gasteiger partial charge in [-0.3, -0.25) is 9.36 Å². The van der Waals surface area contributed by atoms with Crippen LogP contribution in [-0.2, 0) is 0 Å². The molecule has 0 spiro atoms. The second-order valence-corrected chi connectivity index (χ2v) is 3.59. The molecule has 88 valence electrons. The molecule has 0 saturated carbocycles. The average molecular weight is 306 g/mol. The molecule has 0 aliphatic heterocycles. The minimum absolute atomic E-state index is 0.144. The first-order chi connectivity index (χ1) is 7.61. The number of rotatable bonds is 2. The van der Waals surface area contributed by atoms with E-state index in [4.69, 9.17) is 11.6 Å². The fourth-order valence-corrected chi connectivity index (χ4v) is 1.39. The summed E-state index contributed by atoms with van der Waals surface area (Å²) in [6.07, 6.45) is 4.81. The van der Waals surface area contributed by atoms with Crippen molar-refractivity contribution in [3.8, 4) is 0 Å². The molecule has 1 rings (SSSR count). The number of hydrogen-bond donors (Lipinski definition) is 0. The van der Waals surface area contributed by atoms with Crippen LogP contribution in [0.4, 0.5) is 0 Å². The summed E-state index contributed by atoms with van der Waals surface area (Å²) in [6.45, 7) is 9.36.